The molecule has 1 rings (SSSR count). The van der Waals surface area contributed by atoms with Crippen molar-refractivity contribution >= 4 is 21.6 Å². The van der Waals surface area contributed by atoms with E-state index in [9.17, 15) is 8.42 Å². The summed E-state index contributed by atoms with van der Waals surface area (Å²) >= 11 is 0. The fourth-order valence-electron chi connectivity index (χ4n) is 0.791. The quantitative estimate of drug-likeness (QED) is 0.720. The third-order valence-corrected chi connectivity index (χ3v) is 3.09. The number of hydrogen-bond donors (Lipinski definition) is 2. The highest BCUT2D eigenvalue weighted by atomic mass is 32.2. The van der Waals surface area contributed by atoms with Gasteiger partial charge in [0.05, 0.1) is 0 Å². The summed E-state index contributed by atoms with van der Waals surface area (Å²) in [5.74, 6) is 0. The molecule has 1 aromatic carbocycles. The molecule has 0 saturated carbocycles. The van der Waals surface area contributed by atoms with Crippen LogP contribution in [0.3, 0.4) is 0 Å². The zero-order valence-corrected chi connectivity index (χ0v) is 8.88. The summed E-state index contributed by atoms with van der Waals surface area (Å²) in [6.45, 7) is 0. The Hall–Kier alpha value is -1.27. The van der Waals surface area contributed by atoms with Crippen molar-refractivity contribution < 1.29 is 8.42 Å². The van der Waals surface area contributed by atoms with Gasteiger partial charge in [0.1, 0.15) is 0 Å². The second kappa shape index (κ2) is 3.85. The third kappa shape index (κ3) is 2.61. The Kier molecular flexibility index (Phi) is 2.97. The topological polar surface area (TPSA) is 75.4 Å². The molecule has 0 heterocycles. The van der Waals surface area contributed by atoms with Crippen molar-refractivity contribution in [2.24, 2.45) is 0 Å². The Morgan fingerprint density at radius 3 is 2.14 bits per heavy atom. The van der Waals surface area contributed by atoms with Gasteiger partial charge in [-0.2, -0.15) is 12.7 Å². The maximum Gasteiger partial charge on any atom is 0.301 e. The van der Waals surface area contributed by atoms with E-state index in [0.29, 0.717) is 11.4 Å². The molecule has 6 heteroatoms. The highest BCUT2D eigenvalue weighted by Crippen LogP contribution is 2.12. The van der Waals surface area contributed by atoms with Gasteiger partial charge in [-0.25, -0.2) is 0 Å². The van der Waals surface area contributed by atoms with Crippen LogP contribution >= 0.6 is 0 Å². The Morgan fingerprint density at radius 2 is 1.71 bits per heavy atom. The van der Waals surface area contributed by atoms with E-state index in [1.807, 2.05) is 0 Å². The van der Waals surface area contributed by atoms with Crippen LogP contribution in [0.1, 0.15) is 0 Å². The van der Waals surface area contributed by atoms with Gasteiger partial charge in [-0.3, -0.25) is 4.72 Å². The van der Waals surface area contributed by atoms with Gasteiger partial charge in [0, 0.05) is 25.5 Å². The Labute approximate surface area is 83.7 Å². The molecule has 0 saturated heterocycles. The zero-order valence-electron chi connectivity index (χ0n) is 8.06. The van der Waals surface area contributed by atoms with Gasteiger partial charge >= 0.3 is 10.2 Å². The second-order valence-corrected chi connectivity index (χ2v) is 4.90. The number of hydrogen-bond acceptors (Lipinski definition) is 3. The minimum atomic E-state index is -3.42. The summed E-state index contributed by atoms with van der Waals surface area (Å²) in [4.78, 5) is 0. The molecule has 0 unspecified atom stereocenters. The molecule has 0 bridgehead atoms. The zero-order chi connectivity index (χ0) is 10.8. The molecule has 0 amide bonds. The van der Waals surface area contributed by atoms with Gasteiger partial charge in [-0.05, 0) is 24.3 Å². The number of nitrogens with two attached hydrogens (primary N) is 1. The number of benzene rings is 1. The molecule has 0 aliphatic carbocycles. The molecule has 1 aromatic rings. The molecular weight excluding hydrogens is 202 g/mol. The first-order valence-corrected chi connectivity index (χ1v) is 5.41. The van der Waals surface area contributed by atoms with E-state index in [0.717, 1.165) is 4.31 Å². The van der Waals surface area contributed by atoms with Crippen LogP contribution in [-0.2, 0) is 10.2 Å². The summed E-state index contributed by atoms with van der Waals surface area (Å²) in [5, 5.41) is 0. The van der Waals surface area contributed by atoms with Crippen LogP contribution in [0.25, 0.3) is 0 Å². The Balaban J connectivity index is 2.85. The second-order valence-electron chi connectivity index (χ2n) is 3.01. The van der Waals surface area contributed by atoms with Crippen LogP contribution in [0.15, 0.2) is 24.3 Å². The van der Waals surface area contributed by atoms with Crippen LogP contribution in [0.4, 0.5) is 11.4 Å². The predicted molar refractivity (Wildman–Crippen MR) is 57.1 cm³/mol. The first-order valence-electron chi connectivity index (χ1n) is 3.97. The molecule has 5 nitrogen and oxygen atoms in total. The standard InChI is InChI=1S/C8H13N3O2S/c1-11(2)14(12,13)10-8-5-3-7(9)4-6-8/h3-6,10H,9H2,1-2H3. The van der Waals surface area contributed by atoms with Crippen LogP contribution in [0.5, 0.6) is 0 Å². The molecule has 78 valence electrons. The lowest BCUT2D eigenvalue weighted by molar-refractivity contribution is 0.527. The van der Waals surface area contributed by atoms with E-state index in [1.165, 1.54) is 14.1 Å². The maximum absolute atomic E-state index is 11.4. The Bertz CT molecular complexity index is 397. The smallest absolute Gasteiger partial charge is 0.301 e. The lowest BCUT2D eigenvalue weighted by Crippen LogP contribution is -2.28. The number of nitrogens with zero attached hydrogens (tertiary/aromatic N) is 1. The van der Waals surface area contributed by atoms with Gasteiger partial charge in [0.15, 0.2) is 0 Å². The molecule has 3 N–H and O–H groups in total. The van der Waals surface area contributed by atoms with Crippen molar-refractivity contribution in [2.75, 3.05) is 24.6 Å². The van der Waals surface area contributed by atoms with Crippen LogP contribution in [-0.4, -0.2) is 26.8 Å². The van der Waals surface area contributed by atoms with Crippen molar-refractivity contribution in [3.63, 3.8) is 0 Å². The number of anilines is 2. The molecule has 0 atom stereocenters. The Morgan fingerprint density at radius 1 is 1.21 bits per heavy atom. The maximum atomic E-state index is 11.4. The lowest BCUT2D eigenvalue weighted by atomic mass is 10.3. The van der Waals surface area contributed by atoms with Gasteiger partial charge in [0.25, 0.3) is 0 Å². The minimum Gasteiger partial charge on any atom is -0.399 e. The van der Waals surface area contributed by atoms with Crippen molar-refractivity contribution in [3.8, 4) is 0 Å². The molecular formula is C8H13N3O2S. The summed E-state index contributed by atoms with van der Waals surface area (Å²) in [5.41, 5.74) is 6.55. The van der Waals surface area contributed by atoms with E-state index in [4.69, 9.17) is 5.73 Å². The summed E-state index contributed by atoms with van der Waals surface area (Å²) < 4.78 is 26.2. The highest BCUT2D eigenvalue weighted by molar-refractivity contribution is 7.90. The molecule has 14 heavy (non-hydrogen) atoms. The average Bonchev–Trinajstić information content (AvgIpc) is 2.08. The summed E-state index contributed by atoms with van der Waals surface area (Å²) in [7, 11) is -0.506. The minimum absolute atomic E-state index is 0.493. The fourth-order valence-corrected chi connectivity index (χ4v) is 1.41. The number of nitrogen functional groups attached to an aromatic ring is 1. The van der Waals surface area contributed by atoms with E-state index < -0.39 is 10.2 Å². The number of nitrogens with one attached hydrogen (secondary N) is 1. The largest absolute Gasteiger partial charge is 0.399 e. The first kappa shape index (κ1) is 10.8. The third-order valence-electron chi connectivity index (χ3n) is 1.64. The van der Waals surface area contributed by atoms with Gasteiger partial charge in [0.2, 0.25) is 0 Å². The average molecular weight is 215 g/mol. The SMILES string of the molecule is CN(C)S(=O)(=O)Nc1ccc(N)cc1. The van der Waals surface area contributed by atoms with Gasteiger partial charge < -0.3 is 5.73 Å². The van der Waals surface area contributed by atoms with Crippen LogP contribution < -0.4 is 10.5 Å². The van der Waals surface area contributed by atoms with E-state index in [-0.39, 0.29) is 0 Å². The van der Waals surface area contributed by atoms with E-state index >= 15 is 0 Å². The van der Waals surface area contributed by atoms with Crippen LogP contribution in [0, 0.1) is 0 Å². The van der Waals surface area contributed by atoms with E-state index in [1.54, 1.807) is 24.3 Å². The summed E-state index contributed by atoms with van der Waals surface area (Å²) in [6, 6.07) is 6.48. The van der Waals surface area contributed by atoms with Crippen molar-refractivity contribution in [3.05, 3.63) is 24.3 Å². The molecule has 0 aliphatic heterocycles. The summed E-state index contributed by atoms with van der Waals surface area (Å²) in [6.07, 6.45) is 0. The van der Waals surface area contributed by atoms with Crippen molar-refractivity contribution in [2.45, 2.75) is 0 Å². The van der Waals surface area contributed by atoms with Gasteiger partial charge in [-0.1, -0.05) is 0 Å². The van der Waals surface area contributed by atoms with Crippen molar-refractivity contribution in [1.82, 2.24) is 4.31 Å². The lowest BCUT2D eigenvalue weighted by Gasteiger charge is -2.13. The molecule has 0 radical (unpaired) electrons. The normalized spacial score (nSPS) is 11.6. The molecule has 0 aliphatic rings. The van der Waals surface area contributed by atoms with Crippen molar-refractivity contribution in [1.29, 1.82) is 0 Å². The van der Waals surface area contributed by atoms with Crippen LogP contribution in [0.2, 0.25) is 0 Å². The van der Waals surface area contributed by atoms with Gasteiger partial charge in [-0.15, -0.1) is 0 Å². The monoisotopic (exact) mass is 215 g/mol. The first-order chi connectivity index (χ1) is 6.42. The fraction of sp³-hybridized carbons (Fsp3) is 0.250. The molecule has 0 spiro atoms. The molecule has 0 fully saturated rings. The molecule has 0 aromatic heterocycles. The highest BCUT2D eigenvalue weighted by Gasteiger charge is 2.12. The van der Waals surface area contributed by atoms with E-state index in [2.05, 4.69) is 4.72 Å². The number of rotatable bonds is 3. The predicted octanol–water partition coefficient (Wildman–Crippen LogP) is 0.487.